The summed E-state index contributed by atoms with van der Waals surface area (Å²) in [6.07, 6.45) is 0. The van der Waals surface area contributed by atoms with Crippen molar-refractivity contribution in [1.29, 1.82) is 0 Å². The third-order valence-corrected chi connectivity index (χ3v) is 7.80. The molecule has 1 N–H and O–H groups in total. The van der Waals surface area contributed by atoms with E-state index in [4.69, 9.17) is 9.97 Å². The molecule has 0 amide bonds. The van der Waals surface area contributed by atoms with Crippen molar-refractivity contribution in [3.63, 3.8) is 0 Å². The van der Waals surface area contributed by atoms with Crippen LogP contribution < -0.4 is 0 Å². The Balaban J connectivity index is 1.51. The molecule has 8 rings (SSSR count). The molecule has 3 nitrogen and oxygen atoms in total. The maximum Gasteiger partial charge on any atom is 0.0957 e. The standard InChI is InChI=1S/C38H25N3/c1-3-13-25(14-4-1)30-23-27-17-7-10-20-32(27)39-36(30)35-29-19-9-12-22-34(29)41-38(35)37-31(26-15-5-2-6-16-26)24-28-18-8-11-21-33(28)40-37/h1-24,41H. The van der Waals surface area contributed by atoms with E-state index in [1.807, 2.05) is 6.07 Å². The van der Waals surface area contributed by atoms with Gasteiger partial charge in [-0.25, -0.2) is 9.97 Å². The second-order valence-electron chi connectivity index (χ2n) is 10.3. The Morgan fingerprint density at radius 2 is 0.927 bits per heavy atom. The summed E-state index contributed by atoms with van der Waals surface area (Å²) < 4.78 is 0. The zero-order valence-electron chi connectivity index (χ0n) is 22.3. The van der Waals surface area contributed by atoms with Crippen molar-refractivity contribution < 1.29 is 0 Å². The molecular weight excluding hydrogens is 498 g/mol. The molecule has 5 aromatic carbocycles. The van der Waals surface area contributed by atoms with Gasteiger partial charge in [-0.1, -0.05) is 115 Å². The minimum atomic E-state index is 0.912. The zero-order chi connectivity index (χ0) is 27.2. The van der Waals surface area contributed by atoms with E-state index in [-0.39, 0.29) is 0 Å². The molecule has 3 heterocycles. The molecule has 0 aliphatic heterocycles. The van der Waals surface area contributed by atoms with Crippen LogP contribution in [0.15, 0.2) is 146 Å². The summed E-state index contributed by atoms with van der Waals surface area (Å²) in [5, 5.41) is 3.35. The fourth-order valence-corrected chi connectivity index (χ4v) is 5.85. The molecule has 0 fully saturated rings. The van der Waals surface area contributed by atoms with Crippen LogP contribution in [0.5, 0.6) is 0 Å². The average Bonchev–Trinajstić information content (AvgIpc) is 3.44. The van der Waals surface area contributed by atoms with Crippen LogP contribution in [-0.4, -0.2) is 15.0 Å². The lowest BCUT2D eigenvalue weighted by Gasteiger charge is -2.15. The first kappa shape index (κ1) is 23.4. The van der Waals surface area contributed by atoms with Crippen molar-refractivity contribution in [2.75, 3.05) is 0 Å². The van der Waals surface area contributed by atoms with Crippen molar-refractivity contribution in [2.24, 2.45) is 0 Å². The van der Waals surface area contributed by atoms with E-state index < -0.39 is 0 Å². The molecule has 0 saturated heterocycles. The second-order valence-corrected chi connectivity index (χ2v) is 10.3. The highest BCUT2D eigenvalue weighted by atomic mass is 14.8. The smallest absolute Gasteiger partial charge is 0.0957 e. The summed E-state index contributed by atoms with van der Waals surface area (Å²) in [5.74, 6) is 0. The third-order valence-electron chi connectivity index (χ3n) is 7.80. The van der Waals surface area contributed by atoms with Gasteiger partial charge < -0.3 is 4.98 Å². The van der Waals surface area contributed by atoms with Crippen LogP contribution >= 0.6 is 0 Å². The normalized spacial score (nSPS) is 11.4. The number of aromatic amines is 1. The number of para-hydroxylation sites is 3. The van der Waals surface area contributed by atoms with Gasteiger partial charge in [0.05, 0.1) is 28.1 Å². The van der Waals surface area contributed by atoms with Crippen LogP contribution in [-0.2, 0) is 0 Å². The predicted molar refractivity (Wildman–Crippen MR) is 171 cm³/mol. The van der Waals surface area contributed by atoms with Gasteiger partial charge in [-0.15, -0.1) is 0 Å². The Bertz CT molecular complexity index is 2200. The maximum absolute atomic E-state index is 5.35. The van der Waals surface area contributed by atoms with Crippen LogP contribution in [0.3, 0.4) is 0 Å². The summed E-state index contributed by atoms with van der Waals surface area (Å²) >= 11 is 0. The monoisotopic (exact) mass is 523 g/mol. The van der Waals surface area contributed by atoms with E-state index in [2.05, 4.69) is 145 Å². The Morgan fingerprint density at radius 3 is 1.56 bits per heavy atom. The van der Waals surface area contributed by atoms with Crippen molar-refractivity contribution in [3.8, 4) is 44.9 Å². The second kappa shape index (κ2) is 9.58. The summed E-state index contributed by atoms with van der Waals surface area (Å²) in [6.45, 7) is 0. The van der Waals surface area contributed by atoms with E-state index in [9.17, 15) is 0 Å². The number of hydrogen-bond acceptors (Lipinski definition) is 2. The highest BCUT2D eigenvalue weighted by Crippen LogP contribution is 2.45. The van der Waals surface area contributed by atoms with Crippen molar-refractivity contribution in [3.05, 3.63) is 146 Å². The van der Waals surface area contributed by atoms with Crippen molar-refractivity contribution in [1.82, 2.24) is 15.0 Å². The molecule has 0 bridgehead atoms. The molecular formula is C38H25N3. The molecule has 192 valence electrons. The maximum atomic E-state index is 5.35. The Labute approximate surface area is 237 Å². The van der Waals surface area contributed by atoms with Gasteiger partial charge in [-0.3, -0.25) is 0 Å². The van der Waals surface area contributed by atoms with Crippen LogP contribution in [0, 0.1) is 0 Å². The Morgan fingerprint density at radius 1 is 0.439 bits per heavy atom. The van der Waals surface area contributed by atoms with Gasteiger partial charge >= 0.3 is 0 Å². The summed E-state index contributed by atoms with van der Waals surface area (Å²) in [7, 11) is 0. The number of hydrogen-bond donors (Lipinski definition) is 1. The molecule has 41 heavy (non-hydrogen) atoms. The van der Waals surface area contributed by atoms with E-state index in [1.165, 1.54) is 0 Å². The average molecular weight is 524 g/mol. The summed E-state index contributed by atoms with van der Waals surface area (Å²) in [6, 6.07) is 50.8. The van der Waals surface area contributed by atoms with Crippen molar-refractivity contribution >= 4 is 32.7 Å². The minimum absolute atomic E-state index is 0.912. The number of pyridine rings is 2. The number of fused-ring (bicyclic) bond motifs is 3. The molecule has 0 aliphatic carbocycles. The highest BCUT2D eigenvalue weighted by Gasteiger charge is 2.24. The fourth-order valence-electron chi connectivity index (χ4n) is 5.85. The number of benzene rings is 5. The molecule has 0 saturated carbocycles. The third kappa shape index (κ3) is 3.98. The predicted octanol–water partition coefficient (Wildman–Crippen LogP) is 9.93. The van der Waals surface area contributed by atoms with Gasteiger partial charge in [0.1, 0.15) is 0 Å². The van der Waals surface area contributed by atoms with Crippen LogP contribution in [0.2, 0.25) is 0 Å². The lowest BCUT2D eigenvalue weighted by Crippen LogP contribution is -1.96. The van der Waals surface area contributed by atoms with E-state index in [0.717, 1.165) is 77.6 Å². The first-order valence-electron chi connectivity index (χ1n) is 13.9. The number of nitrogens with one attached hydrogen (secondary N) is 1. The highest BCUT2D eigenvalue weighted by molar-refractivity contribution is 6.09. The van der Waals surface area contributed by atoms with Gasteiger partial charge in [-0.05, 0) is 41.5 Å². The number of aromatic nitrogens is 3. The lowest BCUT2D eigenvalue weighted by atomic mass is 9.93. The first-order chi connectivity index (χ1) is 20.3. The topological polar surface area (TPSA) is 41.6 Å². The quantitative estimate of drug-likeness (QED) is 0.249. The minimum Gasteiger partial charge on any atom is -0.353 e. The van der Waals surface area contributed by atoms with Gasteiger partial charge in [0, 0.05) is 38.4 Å². The summed E-state index contributed by atoms with van der Waals surface area (Å²) in [4.78, 5) is 14.4. The van der Waals surface area contributed by atoms with Gasteiger partial charge in [0.15, 0.2) is 0 Å². The van der Waals surface area contributed by atoms with Gasteiger partial charge in [0.2, 0.25) is 0 Å². The Hall–Kier alpha value is -5.54. The number of rotatable bonds is 4. The van der Waals surface area contributed by atoms with Crippen molar-refractivity contribution in [2.45, 2.75) is 0 Å². The molecule has 0 radical (unpaired) electrons. The largest absolute Gasteiger partial charge is 0.353 e. The molecule has 0 spiro atoms. The zero-order valence-corrected chi connectivity index (χ0v) is 22.3. The van der Waals surface area contributed by atoms with E-state index in [0.29, 0.717) is 0 Å². The molecule has 3 heteroatoms. The van der Waals surface area contributed by atoms with Gasteiger partial charge in [-0.2, -0.15) is 0 Å². The summed E-state index contributed by atoms with van der Waals surface area (Å²) in [5.41, 5.74) is 11.3. The fraction of sp³-hybridized carbons (Fsp3) is 0. The molecule has 8 aromatic rings. The first-order valence-corrected chi connectivity index (χ1v) is 13.9. The van der Waals surface area contributed by atoms with Crippen LogP contribution in [0.1, 0.15) is 0 Å². The van der Waals surface area contributed by atoms with Crippen LogP contribution in [0.25, 0.3) is 77.6 Å². The molecule has 3 aromatic heterocycles. The van der Waals surface area contributed by atoms with Crippen LogP contribution in [0.4, 0.5) is 0 Å². The molecule has 0 unspecified atom stereocenters. The molecule has 0 atom stereocenters. The van der Waals surface area contributed by atoms with Gasteiger partial charge in [0.25, 0.3) is 0 Å². The SMILES string of the molecule is c1ccc(-c2cc3ccccc3nc2-c2[nH]c3ccccc3c2-c2nc3ccccc3cc2-c2ccccc2)cc1. The lowest BCUT2D eigenvalue weighted by molar-refractivity contribution is 1.33. The Kier molecular flexibility index (Phi) is 5.46. The van der Waals surface area contributed by atoms with E-state index in [1.54, 1.807) is 0 Å². The number of H-pyrrole nitrogens is 1. The van der Waals surface area contributed by atoms with E-state index >= 15 is 0 Å². The molecule has 0 aliphatic rings. The number of nitrogens with zero attached hydrogens (tertiary/aromatic N) is 2.